The summed E-state index contributed by atoms with van der Waals surface area (Å²) in [5, 5.41) is 11.2. The molecular formula is C21H12N2O5. The zero-order valence-electron chi connectivity index (χ0n) is 14.4. The molecule has 0 fully saturated rings. The summed E-state index contributed by atoms with van der Waals surface area (Å²) in [4.78, 5) is 50.1. The first kappa shape index (κ1) is 17.3. The predicted molar refractivity (Wildman–Crippen MR) is 101 cm³/mol. The number of non-ortho nitro benzene ring substituents is 1. The number of carbonyl (C=O) groups excluding carboxylic acids is 3. The minimum atomic E-state index is -0.631. The van der Waals surface area contributed by atoms with Gasteiger partial charge in [-0.3, -0.25) is 24.5 Å². The van der Waals surface area contributed by atoms with Gasteiger partial charge in [0.1, 0.15) is 0 Å². The fourth-order valence-electron chi connectivity index (χ4n) is 3.17. The monoisotopic (exact) mass is 372 g/mol. The van der Waals surface area contributed by atoms with Crippen LogP contribution in [0.5, 0.6) is 0 Å². The maximum Gasteiger partial charge on any atom is 0.270 e. The zero-order valence-corrected chi connectivity index (χ0v) is 14.4. The molecule has 4 rings (SSSR count). The SMILES string of the molecule is O=C(c1ccccc1)c1cc([N+](=O)[O-])ccc1N1C(=O)c2ccccc2C1=O. The first-order valence-corrected chi connectivity index (χ1v) is 8.35. The number of ketones is 1. The molecular weight excluding hydrogens is 360 g/mol. The van der Waals surface area contributed by atoms with Gasteiger partial charge >= 0.3 is 0 Å². The van der Waals surface area contributed by atoms with Crippen molar-refractivity contribution in [3.8, 4) is 0 Å². The van der Waals surface area contributed by atoms with Gasteiger partial charge in [-0.05, 0) is 18.2 Å². The van der Waals surface area contributed by atoms with E-state index in [1.807, 2.05) is 0 Å². The molecule has 2 amide bonds. The number of amides is 2. The van der Waals surface area contributed by atoms with Crippen LogP contribution < -0.4 is 4.90 Å². The molecule has 0 unspecified atom stereocenters. The van der Waals surface area contributed by atoms with E-state index < -0.39 is 22.5 Å². The Morgan fingerprint density at radius 2 is 1.39 bits per heavy atom. The van der Waals surface area contributed by atoms with E-state index in [0.29, 0.717) is 5.56 Å². The summed E-state index contributed by atoms with van der Waals surface area (Å²) in [6.07, 6.45) is 0. The average Bonchev–Trinajstić information content (AvgIpc) is 2.98. The van der Waals surface area contributed by atoms with E-state index in [1.165, 1.54) is 24.3 Å². The molecule has 0 radical (unpaired) electrons. The van der Waals surface area contributed by atoms with Gasteiger partial charge < -0.3 is 0 Å². The number of imide groups is 1. The van der Waals surface area contributed by atoms with E-state index in [-0.39, 0.29) is 28.1 Å². The smallest absolute Gasteiger partial charge is 0.270 e. The van der Waals surface area contributed by atoms with Gasteiger partial charge in [0.05, 0.1) is 27.3 Å². The maximum absolute atomic E-state index is 13.0. The van der Waals surface area contributed by atoms with Crippen molar-refractivity contribution in [2.75, 3.05) is 4.90 Å². The molecule has 0 spiro atoms. The van der Waals surface area contributed by atoms with Crippen LogP contribution in [0.25, 0.3) is 0 Å². The van der Waals surface area contributed by atoms with Crippen molar-refractivity contribution < 1.29 is 19.3 Å². The molecule has 3 aromatic rings. The third-order valence-electron chi connectivity index (χ3n) is 4.51. The molecule has 0 aromatic heterocycles. The Morgan fingerprint density at radius 3 is 1.96 bits per heavy atom. The van der Waals surface area contributed by atoms with Crippen molar-refractivity contribution in [2.24, 2.45) is 0 Å². The molecule has 0 aliphatic carbocycles. The Bertz CT molecular complexity index is 1120. The number of carbonyl (C=O) groups is 3. The number of nitro groups is 1. The van der Waals surface area contributed by atoms with Gasteiger partial charge in [0.15, 0.2) is 5.78 Å². The van der Waals surface area contributed by atoms with Crippen LogP contribution in [0.2, 0.25) is 0 Å². The Hall–Kier alpha value is -4.13. The topological polar surface area (TPSA) is 97.6 Å². The number of fused-ring (bicyclic) bond motifs is 1. The molecule has 1 heterocycles. The lowest BCUT2D eigenvalue weighted by molar-refractivity contribution is -0.384. The van der Waals surface area contributed by atoms with Crippen LogP contribution in [0, 0.1) is 10.1 Å². The van der Waals surface area contributed by atoms with Crippen LogP contribution in [0.1, 0.15) is 36.6 Å². The Labute approximate surface area is 159 Å². The van der Waals surface area contributed by atoms with Crippen LogP contribution in [0.3, 0.4) is 0 Å². The molecule has 136 valence electrons. The number of hydrogen-bond acceptors (Lipinski definition) is 5. The molecule has 0 bridgehead atoms. The van der Waals surface area contributed by atoms with Gasteiger partial charge in [-0.15, -0.1) is 0 Å². The van der Waals surface area contributed by atoms with Crippen molar-refractivity contribution in [2.45, 2.75) is 0 Å². The lowest BCUT2D eigenvalue weighted by atomic mass is 10.00. The summed E-state index contributed by atoms with van der Waals surface area (Å²) in [6, 6.07) is 18.0. The Morgan fingerprint density at radius 1 is 0.821 bits per heavy atom. The number of hydrogen-bond donors (Lipinski definition) is 0. The lowest BCUT2D eigenvalue weighted by Gasteiger charge is -2.17. The normalized spacial score (nSPS) is 12.8. The second kappa shape index (κ2) is 6.55. The number of benzene rings is 3. The Kier molecular flexibility index (Phi) is 4.04. The first-order chi connectivity index (χ1) is 13.5. The van der Waals surface area contributed by atoms with E-state index >= 15 is 0 Å². The molecule has 7 heteroatoms. The zero-order chi connectivity index (χ0) is 19.8. The average molecular weight is 372 g/mol. The summed E-state index contributed by atoms with van der Waals surface area (Å²) >= 11 is 0. The Balaban J connectivity index is 1.89. The third kappa shape index (κ3) is 2.66. The van der Waals surface area contributed by atoms with Crippen molar-refractivity contribution in [1.82, 2.24) is 0 Å². The van der Waals surface area contributed by atoms with Gasteiger partial charge in [0.25, 0.3) is 17.5 Å². The molecule has 28 heavy (non-hydrogen) atoms. The highest BCUT2D eigenvalue weighted by Crippen LogP contribution is 2.33. The molecule has 0 saturated carbocycles. The molecule has 0 saturated heterocycles. The van der Waals surface area contributed by atoms with Crippen LogP contribution in [0.15, 0.2) is 72.8 Å². The van der Waals surface area contributed by atoms with Gasteiger partial charge in [-0.2, -0.15) is 0 Å². The lowest BCUT2D eigenvalue weighted by Crippen LogP contribution is -2.31. The number of nitrogens with zero attached hydrogens (tertiary/aromatic N) is 2. The largest absolute Gasteiger partial charge is 0.289 e. The van der Waals surface area contributed by atoms with Crippen LogP contribution in [-0.2, 0) is 0 Å². The second-order valence-corrected chi connectivity index (χ2v) is 6.15. The molecule has 3 aromatic carbocycles. The molecule has 1 aliphatic rings. The minimum Gasteiger partial charge on any atom is -0.289 e. The third-order valence-corrected chi connectivity index (χ3v) is 4.51. The number of rotatable bonds is 4. The van der Waals surface area contributed by atoms with Crippen LogP contribution in [-0.4, -0.2) is 22.5 Å². The number of anilines is 1. The maximum atomic E-state index is 13.0. The molecule has 0 atom stereocenters. The van der Waals surface area contributed by atoms with Gasteiger partial charge in [0, 0.05) is 17.7 Å². The fraction of sp³-hybridized carbons (Fsp3) is 0. The molecule has 1 aliphatic heterocycles. The van der Waals surface area contributed by atoms with E-state index in [2.05, 4.69) is 0 Å². The first-order valence-electron chi connectivity index (χ1n) is 8.35. The quantitative estimate of drug-likeness (QED) is 0.301. The van der Waals surface area contributed by atoms with E-state index in [0.717, 1.165) is 11.0 Å². The summed E-state index contributed by atoms with van der Waals surface area (Å²) in [5.41, 5.74) is 0.369. The fourth-order valence-corrected chi connectivity index (χ4v) is 3.17. The van der Waals surface area contributed by atoms with Crippen molar-refractivity contribution >= 4 is 29.0 Å². The highest BCUT2D eigenvalue weighted by molar-refractivity contribution is 6.35. The van der Waals surface area contributed by atoms with Gasteiger partial charge in [-0.25, -0.2) is 4.90 Å². The van der Waals surface area contributed by atoms with Crippen molar-refractivity contribution in [1.29, 1.82) is 0 Å². The van der Waals surface area contributed by atoms with Crippen LogP contribution >= 0.6 is 0 Å². The molecule has 0 N–H and O–H groups in total. The summed E-state index contributed by atoms with van der Waals surface area (Å²) in [6.45, 7) is 0. The van der Waals surface area contributed by atoms with E-state index in [4.69, 9.17) is 0 Å². The van der Waals surface area contributed by atoms with Gasteiger partial charge in [-0.1, -0.05) is 42.5 Å². The highest BCUT2D eigenvalue weighted by atomic mass is 16.6. The number of nitro benzene ring substituents is 1. The van der Waals surface area contributed by atoms with Crippen LogP contribution in [0.4, 0.5) is 11.4 Å². The molecule has 7 nitrogen and oxygen atoms in total. The van der Waals surface area contributed by atoms with Crippen molar-refractivity contribution in [3.05, 3.63) is 105 Å². The summed E-state index contributed by atoms with van der Waals surface area (Å²) in [7, 11) is 0. The van der Waals surface area contributed by atoms with Crippen molar-refractivity contribution in [3.63, 3.8) is 0 Å². The standard InChI is InChI=1S/C21H12N2O5/c24-19(13-6-2-1-3-7-13)17-12-14(23(27)28)10-11-18(17)22-20(25)15-8-4-5-9-16(15)21(22)26/h1-12H. The van der Waals surface area contributed by atoms with Gasteiger partial charge in [0.2, 0.25) is 0 Å². The summed E-state index contributed by atoms with van der Waals surface area (Å²) < 4.78 is 0. The minimum absolute atomic E-state index is 0.0191. The van der Waals surface area contributed by atoms with E-state index in [9.17, 15) is 24.5 Å². The second-order valence-electron chi connectivity index (χ2n) is 6.15. The van der Waals surface area contributed by atoms with E-state index in [1.54, 1.807) is 42.5 Å². The highest BCUT2D eigenvalue weighted by Gasteiger charge is 2.38. The summed E-state index contributed by atoms with van der Waals surface area (Å²) in [5.74, 6) is -1.66. The predicted octanol–water partition coefficient (Wildman–Crippen LogP) is 3.63.